The van der Waals surface area contributed by atoms with Crippen molar-refractivity contribution in [2.75, 3.05) is 11.5 Å². The molecule has 0 spiro atoms. The number of hydrogen-bond acceptors (Lipinski definition) is 8. The molecule has 0 N–H and O–H groups in total. The summed E-state index contributed by atoms with van der Waals surface area (Å²) in [6.45, 7) is 1.70. The second-order valence-corrected chi connectivity index (χ2v) is 10.4. The lowest BCUT2D eigenvalue weighted by molar-refractivity contribution is -0.144. The summed E-state index contributed by atoms with van der Waals surface area (Å²) in [5.41, 5.74) is 0.537. The van der Waals surface area contributed by atoms with Gasteiger partial charge in [-0.3, -0.25) is 23.7 Å². The van der Waals surface area contributed by atoms with E-state index in [1.165, 1.54) is 32.6 Å². The fourth-order valence-electron chi connectivity index (χ4n) is 4.20. The molecule has 10 heteroatoms. The van der Waals surface area contributed by atoms with Crippen molar-refractivity contribution < 1.29 is 19.1 Å². The Bertz CT molecular complexity index is 1250. The predicted octanol–water partition coefficient (Wildman–Crippen LogP) is 3.33. The Kier molecular flexibility index (Phi) is 5.52. The zero-order chi connectivity index (χ0) is 22.4. The average molecular weight is 487 g/mol. The van der Waals surface area contributed by atoms with E-state index in [-0.39, 0.29) is 29.8 Å². The van der Waals surface area contributed by atoms with E-state index in [1.54, 1.807) is 31.2 Å². The van der Waals surface area contributed by atoms with Gasteiger partial charge in [-0.2, -0.15) is 0 Å². The van der Waals surface area contributed by atoms with Crippen molar-refractivity contribution in [3.05, 3.63) is 67.3 Å². The topological polar surface area (TPSA) is 85.7 Å². The van der Waals surface area contributed by atoms with Crippen molar-refractivity contribution >= 4 is 57.9 Å². The molecule has 164 valence electrons. The smallest absolute Gasteiger partial charge is 0.326 e. The number of ether oxygens (including phenoxy) is 1. The second-order valence-electron chi connectivity index (χ2n) is 7.33. The van der Waals surface area contributed by atoms with E-state index >= 15 is 0 Å². The number of para-hydroxylation sites is 1. The maximum atomic E-state index is 13.6. The lowest BCUT2D eigenvalue weighted by atomic mass is 9.87. The third-order valence-electron chi connectivity index (χ3n) is 5.51. The molecule has 2 amide bonds. The van der Waals surface area contributed by atoms with E-state index in [0.29, 0.717) is 10.7 Å². The van der Waals surface area contributed by atoms with Crippen LogP contribution in [0.4, 0.5) is 5.69 Å². The Labute approximate surface area is 195 Å². The second kappa shape index (κ2) is 8.34. The molecule has 1 saturated heterocycles. The molecule has 2 aromatic heterocycles. The molecule has 0 bridgehead atoms. The number of fused-ring (bicyclic) bond motifs is 2. The van der Waals surface area contributed by atoms with Crippen LogP contribution in [0.1, 0.15) is 22.6 Å². The summed E-state index contributed by atoms with van der Waals surface area (Å²) in [7, 11) is 0. The third kappa shape index (κ3) is 3.33. The highest BCUT2D eigenvalue weighted by Gasteiger charge is 2.57. The van der Waals surface area contributed by atoms with Crippen LogP contribution in [0.3, 0.4) is 0 Å². The number of nitrogens with zero attached hydrogens (tertiary/aromatic N) is 2. The fourth-order valence-corrected chi connectivity index (χ4v) is 7.92. The highest BCUT2D eigenvalue weighted by molar-refractivity contribution is 8.00. The van der Waals surface area contributed by atoms with E-state index in [1.807, 2.05) is 23.6 Å². The molecule has 0 radical (unpaired) electrons. The Balaban J connectivity index is 1.63. The van der Waals surface area contributed by atoms with Crippen molar-refractivity contribution in [1.82, 2.24) is 4.57 Å². The number of benzene rings is 1. The van der Waals surface area contributed by atoms with Gasteiger partial charge in [-0.1, -0.05) is 47.4 Å². The summed E-state index contributed by atoms with van der Waals surface area (Å²) in [6.07, 6.45) is 0. The summed E-state index contributed by atoms with van der Waals surface area (Å²) >= 11 is 3.73. The summed E-state index contributed by atoms with van der Waals surface area (Å²) in [4.78, 5) is 54.5. The molecule has 4 heterocycles. The molecular weight excluding hydrogens is 468 g/mol. The number of thiophene rings is 1. The van der Waals surface area contributed by atoms with Gasteiger partial charge < -0.3 is 4.74 Å². The van der Waals surface area contributed by atoms with Gasteiger partial charge in [-0.25, -0.2) is 4.90 Å². The summed E-state index contributed by atoms with van der Waals surface area (Å²) in [6, 6.07) is 12.7. The minimum Gasteiger partial charge on any atom is -0.465 e. The zero-order valence-electron chi connectivity index (χ0n) is 16.9. The van der Waals surface area contributed by atoms with Crippen molar-refractivity contribution in [2.45, 2.75) is 29.7 Å². The average Bonchev–Trinajstić information content (AvgIpc) is 3.47. The minimum absolute atomic E-state index is 0.217. The van der Waals surface area contributed by atoms with E-state index < -0.39 is 23.1 Å². The Hall–Kier alpha value is -2.69. The monoisotopic (exact) mass is 486 g/mol. The van der Waals surface area contributed by atoms with E-state index in [2.05, 4.69) is 0 Å². The maximum Gasteiger partial charge on any atom is 0.326 e. The van der Waals surface area contributed by atoms with E-state index in [9.17, 15) is 19.2 Å². The number of rotatable bonds is 5. The lowest BCUT2D eigenvalue weighted by Crippen LogP contribution is -2.32. The largest absolute Gasteiger partial charge is 0.465 e. The molecule has 0 saturated carbocycles. The van der Waals surface area contributed by atoms with Crippen LogP contribution in [-0.2, 0) is 25.7 Å². The molecule has 5 rings (SSSR count). The number of carbonyl (C=O) groups is 3. The van der Waals surface area contributed by atoms with Gasteiger partial charge in [0.05, 0.1) is 23.2 Å². The number of esters is 1. The molecule has 3 unspecified atom stereocenters. The first-order valence-corrected chi connectivity index (χ1v) is 12.6. The van der Waals surface area contributed by atoms with Gasteiger partial charge in [0.15, 0.2) is 0 Å². The van der Waals surface area contributed by atoms with Gasteiger partial charge in [0.1, 0.15) is 11.8 Å². The standard InChI is InChI=1S/C22H18N2O5S3/c1-2-29-14(25)11-23-21-18(32-22(23)28)15(13-9-6-10-30-13)16-17(31-21)20(27)24(19(16)26)12-7-4-3-5-8-12/h3-10,15-17H,2,11H2,1H3. The molecular formula is C22H18N2O5S3. The third-order valence-corrected chi connectivity index (χ3v) is 9.07. The van der Waals surface area contributed by atoms with Crippen LogP contribution < -0.4 is 9.77 Å². The number of hydrogen-bond donors (Lipinski definition) is 0. The van der Waals surface area contributed by atoms with Crippen LogP contribution in [0.5, 0.6) is 0 Å². The Morgan fingerprint density at radius 3 is 2.53 bits per heavy atom. The fraction of sp³-hybridized carbons (Fsp3) is 0.273. The van der Waals surface area contributed by atoms with E-state index in [0.717, 1.165) is 21.1 Å². The SMILES string of the molecule is CCOC(=O)Cn1c2c(sc1=O)C(c1cccs1)C1C(=O)N(c3ccccc3)C(=O)C1S2. The number of amides is 2. The molecule has 1 fully saturated rings. The number of thioether (sulfide) groups is 1. The Morgan fingerprint density at radius 1 is 1.06 bits per heavy atom. The van der Waals surface area contributed by atoms with E-state index in [4.69, 9.17) is 4.74 Å². The number of imide groups is 1. The van der Waals surface area contributed by atoms with Crippen LogP contribution in [0.25, 0.3) is 0 Å². The normalized spacial score (nSPS) is 22.0. The van der Waals surface area contributed by atoms with Crippen molar-refractivity contribution in [2.24, 2.45) is 5.92 Å². The van der Waals surface area contributed by atoms with Crippen LogP contribution >= 0.6 is 34.4 Å². The molecule has 32 heavy (non-hydrogen) atoms. The van der Waals surface area contributed by atoms with Crippen LogP contribution in [-0.4, -0.2) is 34.2 Å². The molecule has 2 aliphatic heterocycles. The molecule has 3 atom stereocenters. The number of anilines is 1. The van der Waals surface area contributed by atoms with Crippen molar-refractivity contribution in [3.63, 3.8) is 0 Å². The molecule has 0 aliphatic carbocycles. The van der Waals surface area contributed by atoms with Crippen LogP contribution in [0.2, 0.25) is 0 Å². The van der Waals surface area contributed by atoms with Crippen molar-refractivity contribution in [3.8, 4) is 0 Å². The van der Waals surface area contributed by atoms with Gasteiger partial charge in [-0.05, 0) is 30.5 Å². The number of thiazole rings is 1. The number of carbonyl (C=O) groups excluding carboxylic acids is 3. The van der Waals surface area contributed by atoms with Gasteiger partial charge in [0.2, 0.25) is 11.8 Å². The highest BCUT2D eigenvalue weighted by Crippen LogP contribution is 2.54. The summed E-state index contributed by atoms with van der Waals surface area (Å²) in [5.74, 6) is -2.11. The summed E-state index contributed by atoms with van der Waals surface area (Å²) < 4.78 is 6.41. The Morgan fingerprint density at radius 2 is 1.84 bits per heavy atom. The molecule has 7 nitrogen and oxygen atoms in total. The molecule has 3 aromatic rings. The number of aromatic nitrogens is 1. The first kappa shape index (κ1) is 21.2. The first-order chi connectivity index (χ1) is 15.5. The lowest BCUT2D eigenvalue weighted by Gasteiger charge is -2.29. The maximum absolute atomic E-state index is 13.6. The quantitative estimate of drug-likeness (QED) is 0.406. The highest BCUT2D eigenvalue weighted by atomic mass is 32.2. The first-order valence-electron chi connectivity index (χ1n) is 10.0. The molecule has 1 aromatic carbocycles. The summed E-state index contributed by atoms with van der Waals surface area (Å²) in [5, 5.41) is 1.81. The van der Waals surface area contributed by atoms with Gasteiger partial charge in [-0.15, -0.1) is 11.3 Å². The minimum atomic E-state index is -0.676. The molecule has 2 aliphatic rings. The van der Waals surface area contributed by atoms with Gasteiger partial charge in [0.25, 0.3) is 0 Å². The van der Waals surface area contributed by atoms with Crippen LogP contribution in [0, 0.1) is 5.92 Å². The predicted molar refractivity (Wildman–Crippen MR) is 123 cm³/mol. The zero-order valence-corrected chi connectivity index (χ0v) is 19.4. The van der Waals surface area contributed by atoms with Crippen molar-refractivity contribution in [1.29, 1.82) is 0 Å². The van der Waals surface area contributed by atoms with Gasteiger partial charge >= 0.3 is 10.8 Å². The van der Waals surface area contributed by atoms with Crippen LogP contribution in [0.15, 0.2) is 57.7 Å². The van der Waals surface area contributed by atoms with Gasteiger partial charge in [0, 0.05) is 15.7 Å².